The molecule has 29 heavy (non-hydrogen) atoms. The first kappa shape index (κ1) is 20.5. The van der Waals surface area contributed by atoms with Gasteiger partial charge >= 0.3 is 0 Å². The molecule has 1 aliphatic rings. The maximum absolute atomic E-state index is 12.9. The van der Waals surface area contributed by atoms with Gasteiger partial charge in [-0.3, -0.25) is 9.59 Å². The number of phenolic OH excluding ortho intramolecular Hbond substituents is 1. The number of hydrogen-bond acceptors (Lipinski definition) is 5. The Morgan fingerprint density at radius 1 is 1.14 bits per heavy atom. The molecule has 0 unspecified atom stereocenters. The number of carbonyl (C=O) groups is 2. The summed E-state index contributed by atoms with van der Waals surface area (Å²) in [6.45, 7) is 6.41. The predicted octanol–water partition coefficient (Wildman–Crippen LogP) is 3.87. The number of aromatic hydroxyl groups is 1. The van der Waals surface area contributed by atoms with Gasteiger partial charge in [-0.1, -0.05) is 50.2 Å². The summed E-state index contributed by atoms with van der Waals surface area (Å²) in [7, 11) is 0. The number of aliphatic hydroxyl groups excluding tert-OH is 1. The molecule has 1 fully saturated rings. The van der Waals surface area contributed by atoms with Crippen LogP contribution >= 0.6 is 0 Å². The fourth-order valence-corrected chi connectivity index (χ4v) is 3.53. The molecule has 1 atom stereocenters. The van der Waals surface area contributed by atoms with Gasteiger partial charge in [-0.25, -0.2) is 0 Å². The molecule has 0 spiro atoms. The number of nitrogens with zero attached hydrogens (tertiary/aromatic N) is 1. The van der Waals surface area contributed by atoms with Crippen molar-refractivity contribution in [3.05, 3.63) is 65.2 Å². The molecule has 1 amide bonds. The number of Topliss-reactive ketones (excluding diaryl/α,β-unsaturated/α-hetero) is 1. The average Bonchev–Trinajstić information content (AvgIpc) is 2.94. The van der Waals surface area contributed by atoms with Gasteiger partial charge in [0.2, 0.25) is 0 Å². The van der Waals surface area contributed by atoms with Crippen LogP contribution in [0.15, 0.2) is 54.1 Å². The van der Waals surface area contributed by atoms with Gasteiger partial charge in [-0.05, 0) is 30.5 Å². The highest BCUT2D eigenvalue weighted by Gasteiger charge is 2.46. The minimum Gasteiger partial charge on any atom is -0.507 e. The fraction of sp³-hybridized carbons (Fsp3) is 0.304. The lowest BCUT2D eigenvalue weighted by Gasteiger charge is -2.27. The number of amides is 1. The Labute approximate surface area is 170 Å². The van der Waals surface area contributed by atoms with E-state index in [4.69, 9.17) is 4.74 Å². The molecular formula is C23H25NO5. The number of carbonyl (C=O) groups excluding carboxylic acids is 2. The molecule has 1 saturated heterocycles. The predicted molar refractivity (Wildman–Crippen MR) is 110 cm³/mol. The number of hydrogen-bond donors (Lipinski definition) is 2. The average molecular weight is 395 g/mol. The maximum Gasteiger partial charge on any atom is 0.295 e. The Bertz CT molecular complexity index is 949. The van der Waals surface area contributed by atoms with Gasteiger partial charge in [0.1, 0.15) is 5.76 Å². The molecule has 2 aromatic carbocycles. The molecule has 152 valence electrons. The highest BCUT2D eigenvalue weighted by Crippen LogP contribution is 2.42. The summed E-state index contributed by atoms with van der Waals surface area (Å²) in [5.41, 5.74) is 1.09. The minimum absolute atomic E-state index is 0.0283. The van der Waals surface area contributed by atoms with E-state index in [1.807, 2.05) is 13.8 Å². The van der Waals surface area contributed by atoms with E-state index < -0.39 is 17.7 Å². The van der Waals surface area contributed by atoms with Crippen molar-refractivity contribution < 1.29 is 24.5 Å². The largest absolute Gasteiger partial charge is 0.507 e. The molecule has 0 aliphatic carbocycles. The van der Waals surface area contributed by atoms with Crippen LogP contribution in [-0.2, 0) is 9.59 Å². The van der Waals surface area contributed by atoms with E-state index in [9.17, 15) is 19.8 Å². The molecular weight excluding hydrogens is 370 g/mol. The second-order valence-electron chi connectivity index (χ2n) is 7.37. The van der Waals surface area contributed by atoms with Crippen LogP contribution in [0.4, 0.5) is 0 Å². The quantitative estimate of drug-likeness (QED) is 0.440. The van der Waals surface area contributed by atoms with Crippen LogP contribution in [0.1, 0.15) is 37.9 Å². The number of phenols is 1. The molecule has 0 bridgehead atoms. The van der Waals surface area contributed by atoms with E-state index in [2.05, 4.69) is 0 Å². The van der Waals surface area contributed by atoms with Gasteiger partial charge in [0.25, 0.3) is 11.7 Å². The summed E-state index contributed by atoms with van der Waals surface area (Å²) >= 11 is 0. The Morgan fingerprint density at radius 2 is 1.83 bits per heavy atom. The van der Waals surface area contributed by atoms with Crippen LogP contribution in [-0.4, -0.2) is 40.0 Å². The number of benzene rings is 2. The third-order valence-electron chi connectivity index (χ3n) is 4.75. The molecule has 0 aromatic heterocycles. The second kappa shape index (κ2) is 8.39. The van der Waals surface area contributed by atoms with Crippen molar-refractivity contribution in [2.24, 2.45) is 5.92 Å². The Morgan fingerprint density at radius 3 is 2.45 bits per heavy atom. The standard InChI is InChI=1S/C23H25NO5/c1-4-29-18-12-16(10-11-17(18)25)20-19(21(26)15-8-6-5-7-9-15)22(27)23(28)24(20)13-14(2)3/h5-12,14,20,25-26H,4,13H2,1-3H3/t20-/m0/s1. The molecule has 2 aromatic rings. The van der Waals surface area contributed by atoms with Crippen molar-refractivity contribution in [2.75, 3.05) is 13.2 Å². The summed E-state index contributed by atoms with van der Waals surface area (Å²) in [4.78, 5) is 27.2. The van der Waals surface area contributed by atoms with Crippen LogP contribution in [0, 0.1) is 5.92 Å². The van der Waals surface area contributed by atoms with Gasteiger partial charge in [0.05, 0.1) is 18.2 Å². The van der Waals surface area contributed by atoms with Crippen molar-refractivity contribution in [2.45, 2.75) is 26.8 Å². The molecule has 6 nitrogen and oxygen atoms in total. The molecule has 1 aliphatic heterocycles. The zero-order valence-corrected chi connectivity index (χ0v) is 16.8. The first-order valence-electron chi connectivity index (χ1n) is 9.64. The Kier molecular flexibility index (Phi) is 5.92. The number of ether oxygens (including phenoxy) is 1. The first-order chi connectivity index (χ1) is 13.8. The van der Waals surface area contributed by atoms with Crippen LogP contribution in [0.2, 0.25) is 0 Å². The summed E-state index contributed by atoms with van der Waals surface area (Å²) in [5.74, 6) is -1.23. The number of ketones is 1. The lowest BCUT2D eigenvalue weighted by Crippen LogP contribution is -2.33. The molecule has 1 heterocycles. The smallest absolute Gasteiger partial charge is 0.295 e. The Hall–Kier alpha value is -3.28. The molecule has 3 rings (SSSR count). The zero-order valence-electron chi connectivity index (χ0n) is 16.8. The highest BCUT2D eigenvalue weighted by molar-refractivity contribution is 6.46. The third kappa shape index (κ3) is 3.97. The molecule has 2 N–H and O–H groups in total. The molecule has 0 saturated carbocycles. The normalized spacial score (nSPS) is 18.5. The van der Waals surface area contributed by atoms with Crippen molar-refractivity contribution in [3.63, 3.8) is 0 Å². The molecule has 6 heteroatoms. The minimum atomic E-state index is -0.766. The summed E-state index contributed by atoms with van der Waals surface area (Å²) in [6.07, 6.45) is 0. The van der Waals surface area contributed by atoms with Crippen molar-refractivity contribution in [1.82, 2.24) is 4.90 Å². The summed E-state index contributed by atoms with van der Waals surface area (Å²) < 4.78 is 5.47. The number of likely N-dealkylation sites (tertiary alicyclic amines) is 1. The lowest BCUT2D eigenvalue weighted by molar-refractivity contribution is -0.140. The number of rotatable bonds is 6. The zero-order chi connectivity index (χ0) is 21.1. The van der Waals surface area contributed by atoms with E-state index in [1.54, 1.807) is 49.4 Å². The fourth-order valence-electron chi connectivity index (χ4n) is 3.53. The Balaban J connectivity index is 2.20. The van der Waals surface area contributed by atoms with Crippen molar-refractivity contribution >= 4 is 17.4 Å². The van der Waals surface area contributed by atoms with E-state index in [0.717, 1.165) is 0 Å². The first-order valence-corrected chi connectivity index (χ1v) is 9.64. The van der Waals surface area contributed by atoms with Crippen LogP contribution in [0.5, 0.6) is 11.5 Å². The van der Waals surface area contributed by atoms with Gasteiger partial charge in [0.15, 0.2) is 11.5 Å². The van der Waals surface area contributed by atoms with E-state index in [0.29, 0.717) is 24.3 Å². The lowest BCUT2D eigenvalue weighted by atomic mass is 9.94. The monoisotopic (exact) mass is 395 g/mol. The van der Waals surface area contributed by atoms with Gasteiger partial charge in [-0.2, -0.15) is 0 Å². The van der Waals surface area contributed by atoms with Gasteiger partial charge < -0.3 is 19.8 Å². The van der Waals surface area contributed by atoms with Crippen molar-refractivity contribution in [3.8, 4) is 11.5 Å². The maximum atomic E-state index is 12.9. The number of aliphatic hydroxyl groups is 1. The topological polar surface area (TPSA) is 87.1 Å². The van der Waals surface area contributed by atoms with Gasteiger partial charge in [0, 0.05) is 12.1 Å². The molecule has 0 radical (unpaired) electrons. The van der Waals surface area contributed by atoms with E-state index in [1.165, 1.54) is 11.0 Å². The van der Waals surface area contributed by atoms with E-state index in [-0.39, 0.29) is 28.7 Å². The van der Waals surface area contributed by atoms with E-state index >= 15 is 0 Å². The van der Waals surface area contributed by atoms with Crippen LogP contribution < -0.4 is 4.74 Å². The highest BCUT2D eigenvalue weighted by atomic mass is 16.5. The summed E-state index contributed by atoms with van der Waals surface area (Å²) in [6, 6.07) is 12.6. The SMILES string of the molecule is CCOc1cc([C@H]2C(=C(O)c3ccccc3)C(=O)C(=O)N2CC(C)C)ccc1O. The van der Waals surface area contributed by atoms with Gasteiger partial charge in [-0.15, -0.1) is 0 Å². The second-order valence-corrected chi connectivity index (χ2v) is 7.37. The third-order valence-corrected chi connectivity index (χ3v) is 4.75. The van der Waals surface area contributed by atoms with Crippen LogP contribution in [0.25, 0.3) is 5.76 Å². The summed E-state index contributed by atoms with van der Waals surface area (Å²) in [5, 5.41) is 21.0. The van der Waals surface area contributed by atoms with Crippen molar-refractivity contribution in [1.29, 1.82) is 0 Å². The van der Waals surface area contributed by atoms with Crippen LogP contribution in [0.3, 0.4) is 0 Å².